The molecule has 0 saturated heterocycles. The number of nitrogens with one attached hydrogen (secondary N) is 2. The van der Waals surface area contributed by atoms with E-state index in [1.165, 1.54) is 0 Å². The summed E-state index contributed by atoms with van der Waals surface area (Å²) < 4.78 is 0. The Bertz CT molecular complexity index is 675. The number of carbonyl (C=O) groups is 2. The molecule has 0 unspecified atom stereocenters. The van der Waals surface area contributed by atoms with E-state index in [0.29, 0.717) is 6.42 Å². The maximum atomic E-state index is 12.1. The zero-order valence-electron chi connectivity index (χ0n) is 12.1. The van der Waals surface area contributed by atoms with Gasteiger partial charge in [0, 0.05) is 17.1 Å². The van der Waals surface area contributed by atoms with Crippen LogP contribution in [0.3, 0.4) is 0 Å². The number of para-hydroxylation sites is 1. The molecule has 6 N–H and O–H groups in total. The van der Waals surface area contributed by atoms with E-state index in [1.807, 2.05) is 30.5 Å². The van der Waals surface area contributed by atoms with Crippen LogP contribution in [0.15, 0.2) is 30.5 Å². The smallest absolute Gasteiger partial charge is 0.242 e. The van der Waals surface area contributed by atoms with Gasteiger partial charge in [-0.3, -0.25) is 9.59 Å². The summed E-state index contributed by atoms with van der Waals surface area (Å²) >= 11 is 0. The highest BCUT2D eigenvalue weighted by molar-refractivity contribution is 5.92. The van der Waals surface area contributed by atoms with E-state index in [4.69, 9.17) is 11.5 Å². The molecule has 21 heavy (non-hydrogen) atoms. The summed E-state index contributed by atoms with van der Waals surface area (Å²) in [5.74, 6) is -1.00. The average Bonchev–Trinajstić information content (AvgIpc) is 2.81. The molecule has 112 valence electrons. The SMILES string of the molecule is CC(C)(NC(=O)[C@H](N)Cc1c[nH]c2ccccc12)C(N)=O. The molecule has 6 heteroatoms. The molecule has 1 aromatic carbocycles. The Morgan fingerprint density at radius 2 is 2.00 bits per heavy atom. The molecule has 0 aliphatic heterocycles. The van der Waals surface area contributed by atoms with Gasteiger partial charge in [0.15, 0.2) is 0 Å². The Hall–Kier alpha value is -2.34. The van der Waals surface area contributed by atoms with E-state index in [9.17, 15) is 9.59 Å². The summed E-state index contributed by atoms with van der Waals surface area (Å²) in [4.78, 5) is 26.4. The fourth-order valence-electron chi connectivity index (χ4n) is 2.09. The zero-order valence-corrected chi connectivity index (χ0v) is 12.1. The first-order valence-corrected chi connectivity index (χ1v) is 6.74. The fourth-order valence-corrected chi connectivity index (χ4v) is 2.09. The summed E-state index contributed by atoms with van der Waals surface area (Å²) in [5, 5.41) is 3.60. The number of hydrogen-bond acceptors (Lipinski definition) is 3. The number of aromatic amines is 1. The summed E-state index contributed by atoms with van der Waals surface area (Å²) in [6.07, 6.45) is 2.22. The van der Waals surface area contributed by atoms with Crippen molar-refractivity contribution in [1.82, 2.24) is 10.3 Å². The number of benzene rings is 1. The Balaban J connectivity index is 2.09. The summed E-state index contributed by atoms with van der Waals surface area (Å²) in [6.45, 7) is 3.09. The lowest BCUT2D eigenvalue weighted by molar-refractivity contribution is -0.131. The first-order chi connectivity index (χ1) is 9.81. The molecule has 0 bridgehead atoms. The minimum absolute atomic E-state index is 0.380. The molecule has 6 nitrogen and oxygen atoms in total. The number of hydrogen-bond donors (Lipinski definition) is 4. The van der Waals surface area contributed by atoms with Crippen molar-refractivity contribution in [2.75, 3.05) is 0 Å². The topological polar surface area (TPSA) is 114 Å². The van der Waals surface area contributed by atoms with Crippen molar-refractivity contribution < 1.29 is 9.59 Å². The number of amides is 2. The monoisotopic (exact) mass is 288 g/mol. The van der Waals surface area contributed by atoms with Gasteiger partial charge in [0.1, 0.15) is 5.54 Å². The van der Waals surface area contributed by atoms with Gasteiger partial charge in [0.25, 0.3) is 0 Å². The van der Waals surface area contributed by atoms with Crippen LogP contribution in [0, 0.1) is 0 Å². The van der Waals surface area contributed by atoms with E-state index in [2.05, 4.69) is 10.3 Å². The van der Waals surface area contributed by atoms with Crippen LogP contribution in [-0.4, -0.2) is 28.4 Å². The largest absolute Gasteiger partial charge is 0.368 e. The molecule has 0 aliphatic carbocycles. The molecule has 2 amide bonds. The van der Waals surface area contributed by atoms with Crippen LogP contribution in [0.4, 0.5) is 0 Å². The summed E-state index contributed by atoms with van der Waals surface area (Å²) in [6, 6.07) is 7.05. The standard InChI is InChI=1S/C15H20N4O2/c1-15(2,14(17)21)19-13(20)11(16)7-9-8-18-12-6-4-3-5-10(9)12/h3-6,8,11,18H,7,16H2,1-2H3,(H2,17,21)(H,19,20)/t11-/m1/s1. The number of nitrogens with two attached hydrogens (primary N) is 2. The second-order valence-corrected chi connectivity index (χ2v) is 5.65. The Morgan fingerprint density at radius 3 is 2.67 bits per heavy atom. The number of fused-ring (bicyclic) bond motifs is 1. The van der Waals surface area contributed by atoms with E-state index < -0.39 is 23.4 Å². The maximum Gasteiger partial charge on any atom is 0.242 e. The molecule has 0 saturated carbocycles. The Labute approximate surface area is 122 Å². The van der Waals surface area contributed by atoms with Gasteiger partial charge in [-0.1, -0.05) is 18.2 Å². The van der Waals surface area contributed by atoms with Crippen molar-refractivity contribution >= 4 is 22.7 Å². The summed E-state index contributed by atoms with van der Waals surface area (Å²) in [7, 11) is 0. The zero-order chi connectivity index (χ0) is 15.6. The number of primary amides is 1. The van der Waals surface area contributed by atoms with Crippen LogP contribution in [-0.2, 0) is 16.0 Å². The highest BCUT2D eigenvalue weighted by Crippen LogP contribution is 2.18. The van der Waals surface area contributed by atoms with Gasteiger partial charge in [-0.2, -0.15) is 0 Å². The van der Waals surface area contributed by atoms with E-state index >= 15 is 0 Å². The number of carbonyl (C=O) groups excluding carboxylic acids is 2. The summed E-state index contributed by atoms with van der Waals surface area (Å²) in [5.41, 5.74) is 12.0. The molecule has 1 aromatic heterocycles. The van der Waals surface area contributed by atoms with Crippen molar-refractivity contribution in [1.29, 1.82) is 0 Å². The van der Waals surface area contributed by atoms with Crippen molar-refractivity contribution in [2.24, 2.45) is 11.5 Å². The minimum atomic E-state index is -1.12. The molecule has 0 aliphatic rings. The molecule has 0 spiro atoms. The van der Waals surface area contributed by atoms with E-state index in [-0.39, 0.29) is 0 Å². The van der Waals surface area contributed by atoms with Crippen LogP contribution in [0.2, 0.25) is 0 Å². The molecular formula is C15H20N4O2. The predicted octanol–water partition coefficient (Wildman–Crippen LogP) is 0.418. The third-order valence-corrected chi connectivity index (χ3v) is 3.50. The fraction of sp³-hybridized carbons (Fsp3) is 0.333. The van der Waals surface area contributed by atoms with Gasteiger partial charge in [-0.15, -0.1) is 0 Å². The number of H-pyrrole nitrogens is 1. The quantitative estimate of drug-likeness (QED) is 0.639. The van der Waals surface area contributed by atoms with Gasteiger partial charge >= 0.3 is 0 Å². The van der Waals surface area contributed by atoms with Crippen molar-refractivity contribution in [3.05, 3.63) is 36.0 Å². The second-order valence-electron chi connectivity index (χ2n) is 5.65. The van der Waals surface area contributed by atoms with Gasteiger partial charge < -0.3 is 21.8 Å². The van der Waals surface area contributed by atoms with Gasteiger partial charge in [0.05, 0.1) is 6.04 Å². The first-order valence-electron chi connectivity index (χ1n) is 6.74. The first kappa shape index (κ1) is 15.1. The molecular weight excluding hydrogens is 268 g/mol. The molecule has 0 radical (unpaired) electrons. The van der Waals surface area contributed by atoms with Gasteiger partial charge in [-0.05, 0) is 31.9 Å². The highest BCUT2D eigenvalue weighted by atomic mass is 16.2. The van der Waals surface area contributed by atoms with Crippen LogP contribution in [0.25, 0.3) is 10.9 Å². The van der Waals surface area contributed by atoms with Crippen molar-refractivity contribution in [2.45, 2.75) is 31.8 Å². The molecule has 2 aromatic rings. The van der Waals surface area contributed by atoms with Crippen LogP contribution >= 0.6 is 0 Å². The predicted molar refractivity (Wildman–Crippen MR) is 81.4 cm³/mol. The van der Waals surface area contributed by atoms with Crippen LogP contribution in [0.5, 0.6) is 0 Å². The van der Waals surface area contributed by atoms with E-state index in [1.54, 1.807) is 13.8 Å². The normalized spacial score (nSPS) is 13.1. The third-order valence-electron chi connectivity index (χ3n) is 3.50. The average molecular weight is 288 g/mol. The Morgan fingerprint density at radius 1 is 1.33 bits per heavy atom. The molecule has 1 heterocycles. The lowest BCUT2D eigenvalue weighted by atomic mass is 10.0. The van der Waals surface area contributed by atoms with Gasteiger partial charge in [0.2, 0.25) is 11.8 Å². The Kier molecular flexibility index (Phi) is 3.99. The second kappa shape index (κ2) is 5.57. The highest BCUT2D eigenvalue weighted by Gasteiger charge is 2.29. The van der Waals surface area contributed by atoms with Crippen LogP contribution in [0.1, 0.15) is 19.4 Å². The van der Waals surface area contributed by atoms with Crippen molar-refractivity contribution in [3.63, 3.8) is 0 Å². The molecule has 2 rings (SSSR count). The third kappa shape index (κ3) is 3.22. The van der Waals surface area contributed by atoms with Gasteiger partial charge in [-0.25, -0.2) is 0 Å². The lowest BCUT2D eigenvalue weighted by Gasteiger charge is -2.24. The molecule has 1 atom stereocenters. The van der Waals surface area contributed by atoms with Crippen LogP contribution < -0.4 is 16.8 Å². The minimum Gasteiger partial charge on any atom is -0.368 e. The number of rotatable bonds is 5. The maximum absolute atomic E-state index is 12.1. The lowest BCUT2D eigenvalue weighted by Crippen LogP contribution is -2.57. The number of aromatic nitrogens is 1. The van der Waals surface area contributed by atoms with E-state index in [0.717, 1.165) is 16.5 Å². The molecule has 0 fully saturated rings. The van der Waals surface area contributed by atoms with Crippen molar-refractivity contribution in [3.8, 4) is 0 Å².